The second-order valence-corrected chi connectivity index (χ2v) is 5.21. The third-order valence-corrected chi connectivity index (χ3v) is 3.62. The highest BCUT2D eigenvalue weighted by atomic mass is 35.5. The number of nitrogens with zero attached hydrogens (tertiary/aromatic N) is 3. The van der Waals surface area contributed by atoms with Gasteiger partial charge in [-0.3, -0.25) is 15.1 Å². The van der Waals surface area contributed by atoms with E-state index in [0.29, 0.717) is 23.8 Å². The van der Waals surface area contributed by atoms with Gasteiger partial charge >= 0.3 is 12.1 Å². The van der Waals surface area contributed by atoms with E-state index in [4.69, 9.17) is 11.6 Å². The zero-order valence-corrected chi connectivity index (χ0v) is 11.6. The largest absolute Gasteiger partial charge is 0.324 e. The molecule has 110 valence electrons. The number of anilines is 1. The van der Waals surface area contributed by atoms with Gasteiger partial charge in [0.15, 0.2) is 0 Å². The number of fused-ring (bicyclic) bond motifs is 1. The van der Waals surface area contributed by atoms with E-state index in [2.05, 4.69) is 15.6 Å². The van der Waals surface area contributed by atoms with Crippen molar-refractivity contribution in [3.63, 3.8) is 0 Å². The Balaban J connectivity index is 1.66. The maximum atomic E-state index is 12.2. The molecule has 2 N–H and O–H groups in total. The molecule has 2 fully saturated rings. The molecule has 1 aromatic heterocycles. The number of hydrogen-bond donors (Lipinski definition) is 2. The predicted octanol–water partition coefficient (Wildman–Crippen LogP) is 0.503. The summed E-state index contributed by atoms with van der Waals surface area (Å²) < 4.78 is 0. The second-order valence-electron chi connectivity index (χ2n) is 4.77. The summed E-state index contributed by atoms with van der Waals surface area (Å²) >= 11 is 5.80. The zero-order chi connectivity index (χ0) is 15.0. The standard InChI is InChI=1S/C12H12ClN5O3/c13-7-3-8(5-14-4-7)15-11(20)17-1-2-18-9(6-17)10(19)16-12(18)21/h3-5,9H,1-2,6H2,(H,15,20)(H,16,19,21). The number of nitrogens with one attached hydrogen (secondary N) is 2. The molecule has 2 aliphatic heterocycles. The Bertz CT molecular complexity index is 623. The summed E-state index contributed by atoms with van der Waals surface area (Å²) in [5, 5.41) is 5.32. The van der Waals surface area contributed by atoms with Gasteiger partial charge in [0.2, 0.25) is 0 Å². The van der Waals surface area contributed by atoms with E-state index in [1.807, 2.05) is 0 Å². The van der Waals surface area contributed by atoms with Crippen molar-refractivity contribution in [2.75, 3.05) is 25.0 Å². The number of pyridine rings is 1. The molecule has 0 saturated carbocycles. The third-order valence-electron chi connectivity index (χ3n) is 3.42. The number of amides is 5. The number of piperazine rings is 1. The van der Waals surface area contributed by atoms with Crippen LogP contribution in [0.1, 0.15) is 0 Å². The molecule has 1 atom stereocenters. The van der Waals surface area contributed by atoms with Gasteiger partial charge in [-0.2, -0.15) is 0 Å². The zero-order valence-electron chi connectivity index (χ0n) is 10.9. The fraction of sp³-hybridized carbons (Fsp3) is 0.333. The van der Waals surface area contributed by atoms with Crippen molar-refractivity contribution < 1.29 is 14.4 Å². The van der Waals surface area contributed by atoms with Crippen LogP contribution in [0.25, 0.3) is 0 Å². The molecule has 0 radical (unpaired) electrons. The Morgan fingerprint density at radius 3 is 2.95 bits per heavy atom. The van der Waals surface area contributed by atoms with Crippen LogP contribution in [0.15, 0.2) is 18.5 Å². The van der Waals surface area contributed by atoms with E-state index in [9.17, 15) is 14.4 Å². The van der Waals surface area contributed by atoms with E-state index >= 15 is 0 Å². The third kappa shape index (κ3) is 2.62. The van der Waals surface area contributed by atoms with Gasteiger partial charge in [-0.05, 0) is 6.07 Å². The highest BCUT2D eigenvalue weighted by Gasteiger charge is 2.42. The lowest BCUT2D eigenvalue weighted by Gasteiger charge is -2.35. The molecule has 1 aromatic rings. The van der Waals surface area contributed by atoms with Gasteiger partial charge < -0.3 is 15.1 Å². The van der Waals surface area contributed by atoms with Crippen molar-refractivity contribution in [1.82, 2.24) is 20.1 Å². The first kappa shape index (κ1) is 13.6. The van der Waals surface area contributed by atoms with Crippen LogP contribution in [0.4, 0.5) is 15.3 Å². The maximum Gasteiger partial charge on any atom is 0.324 e. The number of aromatic nitrogens is 1. The van der Waals surface area contributed by atoms with Gasteiger partial charge in [-0.1, -0.05) is 11.6 Å². The molecule has 21 heavy (non-hydrogen) atoms. The van der Waals surface area contributed by atoms with Gasteiger partial charge in [0.25, 0.3) is 5.91 Å². The minimum Gasteiger partial charge on any atom is -0.320 e. The van der Waals surface area contributed by atoms with E-state index in [1.165, 1.54) is 22.2 Å². The molecule has 2 saturated heterocycles. The van der Waals surface area contributed by atoms with Crippen LogP contribution in [0.3, 0.4) is 0 Å². The lowest BCUT2D eigenvalue weighted by molar-refractivity contribution is -0.122. The van der Waals surface area contributed by atoms with Crippen molar-refractivity contribution >= 4 is 35.3 Å². The molecule has 9 heteroatoms. The highest BCUT2D eigenvalue weighted by Crippen LogP contribution is 2.17. The molecule has 3 rings (SSSR count). The van der Waals surface area contributed by atoms with Crippen molar-refractivity contribution in [2.24, 2.45) is 0 Å². The van der Waals surface area contributed by atoms with Crippen LogP contribution in [-0.4, -0.2) is 58.4 Å². The van der Waals surface area contributed by atoms with Crippen molar-refractivity contribution in [3.8, 4) is 0 Å². The first-order valence-corrected chi connectivity index (χ1v) is 6.70. The van der Waals surface area contributed by atoms with Gasteiger partial charge in [-0.15, -0.1) is 0 Å². The summed E-state index contributed by atoms with van der Waals surface area (Å²) in [7, 11) is 0. The van der Waals surface area contributed by atoms with Crippen LogP contribution in [0, 0.1) is 0 Å². The molecule has 0 bridgehead atoms. The van der Waals surface area contributed by atoms with Crippen molar-refractivity contribution in [1.29, 1.82) is 0 Å². The van der Waals surface area contributed by atoms with Crippen LogP contribution in [0.2, 0.25) is 5.02 Å². The van der Waals surface area contributed by atoms with Gasteiger partial charge in [-0.25, -0.2) is 9.59 Å². The summed E-state index contributed by atoms with van der Waals surface area (Å²) in [6.45, 7) is 0.845. The smallest absolute Gasteiger partial charge is 0.320 e. The molecule has 1 unspecified atom stereocenters. The van der Waals surface area contributed by atoms with Gasteiger partial charge in [0.1, 0.15) is 6.04 Å². The van der Waals surface area contributed by atoms with Gasteiger partial charge in [0.05, 0.1) is 23.5 Å². The minimum atomic E-state index is -0.616. The van der Waals surface area contributed by atoms with E-state index in [-0.39, 0.29) is 18.5 Å². The Morgan fingerprint density at radius 1 is 1.38 bits per heavy atom. The lowest BCUT2D eigenvalue weighted by Crippen LogP contribution is -2.55. The number of urea groups is 2. The number of rotatable bonds is 1. The van der Waals surface area contributed by atoms with Crippen LogP contribution in [-0.2, 0) is 4.79 Å². The molecular formula is C12H12ClN5O3. The normalized spacial score (nSPS) is 21.1. The Hall–Kier alpha value is -2.35. The topological polar surface area (TPSA) is 94.6 Å². The van der Waals surface area contributed by atoms with Gasteiger partial charge in [0, 0.05) is 19.3 Å². The summed E-state index contributed by atoms with van der Waals surface area (Å²) in [6, 6.07) is 0.207. The predicted molar refractivity (Wildman–Crippen MR) is 73.9 cm³/mol. The Labute approximate surface area is 125 Å². The average molecular weight is 310 g/mol. The number of hydrogen-bond acceptors (Lipinski definition) is 4. The van der Waals surface area contributed by atoms with E-state index in [0.717, 1.165) is 0 Å². The SMILES string of the molecule is O=C1NC(=O)N2CCN(C(=O)Nc3cncc(Cl)c3)CC12. The van der Waals surface area contributed by atoms with E-state index < -0.39 is 12.1 Å². The summed E-state index contributed by atoms with van der Waals surface area (Å²) in [6.07, 6.45) is 2.94. The summed E-state index contributed by atoms with van der Waals surface area (Å²) in [4.78, 5) is 42.1. The molecule has 3 heterocycles. The molecule has 2 aliphatic rings. The second kappa shape index (κ2) is 5.21. The lowest BCUT2D eigenvalue weighted by atomic mass is 10.2. The fourth-order valence-corrected chi connectivity index (χ4v) is 2.55. The van der Waals surface area contributed by atoms with Crippen molar-refractivity contribution in [3.05, 3.63) is 23.5 Å². The van der Waals surface area contributed by atoms with E-state index in [1.54, 1.807) is 6.07 Å². The fourth-order valence-electron chi connectivity index (χ4n) is 2.38. The number of imide groups is 1. The van der Waals surface area contributed by atoms with Crippen LogP contribution < -0.4 is 10.6 Å². The van der Waals surface area contributed by atoms with Crippen LogP contribution >= 0.6 is 11.6 Å². The molecule has 8 nitrogen and oxygen atoms in total. The highest BCUT2D eigenvalue weighted by molar-refractivity contribution is 6.30. The monoisotopic (exact) mass is 309 g/mol. The molecule has 0 spiro atoms. The number of carbonyl (C=O) groups is 3. The number of halogens is 1. The molecule has 5 amide bonds. The Kier molecular flexibility index (Phi) is 3.38. The molecule has 0 aromatic carbocycles. The molecule has 0 aliphatic carbocycles. The molecular weight excluding hydrogens is 298 g/mol. The summed E-state index contributed by atoms with van der Waals surface area (Å²) in [5.41, 5.74) is 0.474. The first-order chi connectivity index (χ1) is 10.0. The minimum absolute atomic E-state index is 0.164. The van der Waals surface area contributed by atoms with Crippen molar-refractivity contribution in [2.45, 2.75) is 6.04 Å². The Morgan fingerprint density at radius 2 is 2.19 bits per heavy atom. The van der Waals surface area contributed by atoms with Crippen LogP contribution in [0.5, 0.6) is 0 Å². The quantitative estimate of drug-likeness (QED) is 0.739. The summed E-state index contributed by atoms with van der Waals surface area (Å²) in [5.74, 6) is -0.373. The number of carbonyl (C=O) groups excluding carboxylic acids is 3. The first-order valence-electron chi connectivity index (χ1n) is 6.32. The maximum absolute atomic E-state index is 12.2. The average Bonchev–Trinajstić information content (AvgIpc) is 2.73.